The van der Waals surface area contributed by atoms with Crippen molar-refractivity contribution in [3.63, 3.8) is 0 Å². The van der Waals surface area contributed by atoms with E-state index in [-0.39, 0.29) is 18.5 Å². The van der Waals surface area contributed by atoms with E-state index in [9.17, 15) is 4.39 Å². The summed E-state index contributed by atoms with van der Waals surface area (Å²) in [5.74, 6) is 0.474. The van der Waals surface area contributed by atoms with Crippen LogP contribution in [-0.4, -0.2) is 13.7 Å². The lowest BCUT2D eigenvalue weighted by atomic mass is 10.0. The van der Waals surface area contributed by atoms with Crippen LogP contribution in [0.1, 0.15) is 22.7 Å². The van der Waals surface area contributed by atoms with E-state index in [1.165, 1.54) is 6.07 Å². The Bertz CT molecular complexity index is 601. The van der Waals surface area contributed by atoms with Gasteiger partial charge in [-0.1, -0.05) is 35.9 Å². The topological polar surface area (TPSA) is 44.5 Å². The van der Waals surface area contributed by atoms with Crippen molar-refractivity contribution in [3.8, 4) is 5.75 Å². The van der Waals surface area contributed by atoms with Crippen LogP contribution in [0.4, 0.5) is 4.39 Å². The quantitative estimate of drug-likeness (QED) is 0.887. The Morgan fingerprint density at radius 2 is 1.95 bits per heavy atom. The van der Waals surface area contributed by atoms with Crippen molar-refractivity contribution >= 4 is 0 Å². The Balaban J connectivity index is 1.97. The fraction of sp³-hybridized carbons (Fsp3) is 0.294. The van der Waals surface area contributed by atoms with Gasteiger partial charge < -0.3 is 15.2 Å². The summed E-state index contributed by atoms with van der Waals surface area (Å²) < 4.78 is 24.3. The maximum absolute atomic E-state index is 13.5. The van der Waals surface area contributed by atoms with Crippen LogP contribution in [0.3, 0.4) is 0 Å². The summed E-state index contributed by atoms with van der Waals surface area (Å²) in [5.41, 5.74) is 8.67. The lowest BCUT2D eigenvalue weighted by Crippen LogP contribution is -2.18. The molecule has 0 saturated carbocycles. The van der Waals surface area contributed by atoms with Crippen molar-refractivity contribution in [3.05, 3.63) is 65.0 Å². The zero-order valence-electron chi connectivity index (χ0n) is 12.3. The Hall–Kier alpha value is -1.91. The predicted octanol–water partition coefficient (Wildman–Crippen LogP) is 3.36. The summed E-state index contributed by atoms with van der Waals surface area (Å²) in [6.07, 6.45) is 0. The third-order valence-electron chi connectivity index (χ3n) is 3.30. The molecule has 0 aliphatic heterocycles. The highest BCUT2D eigenvalue weighted by atomic mass is 19.1. The highest BCUT2D eigenvalue weighted by Crippen LogP contribution is 2.25. The first kappa shape index (κ1) is 15.5. The molecule has 1 unspecified atom stereocenters. The summed E-state index contributed by atoms with van der Waals surface area (Å²) in [7, 11) is 1.61. The standard InChI is InChI=1S/C17H20FNO2/c1-12-7-8-17(20-2)14(9-12)16(19)11-21-10-13-5-3-4-6-15(13)18/h3-9,16H,10-11,19H2,1-2H3. The van der Waals surface area contributed by atoms with Crippen LogP contribution in [0.5, 0.6) is 5.75 Å². The smallest absolute Gasteiger partial charge is 0.128 e. The van der Waals surface area contributed by atoms with Gasteiger partial charge in [0.15, 0.2) is 0 Å². The normalized spacial score (nSPS) is 12.2. The Labute approximate surface area is 124 Å². The van der Waals surface area contributed by atoms with Gasteiger partial charge in [0.2, 0.25) is 0 Å². The molecular formula is C17H20FNO2. The van der Waals surface area contributed by atoms with Crippen molar-refractivity contribution < 1.29 is 13.9 Å². The molecule has 0 spiro atoms. The number of ether oxygens (including phenoxy) is 2. The molecule has 0 aromatic heterocycles. The van der Waals surface area contributed by atoms with Gasteiger partial charge in [-0.15, -0.1) is 0 Å². The molecule has 0 amide bonds. The van der Waals surface area contributed by atoms with Crippen molar-refractivity contribution in [1.29, 1.82) is 0 Å². The van der Waals surface area contributed by atoms with E-state index < -0.39 is 0 Å². The molecule has 1 atom stereocenters. The SMILES string of the molecule is COc1ccc(C)cc1C(N)COCc1ccccc1F. The van der Waals surface area contributed by atoms with Crippen molar-refractivity contribution in [2.24, 2.45) is 5.73 Å². The number of halogens is 1. The zero-order valence-corrected chi connectivity index (χ0v) is 12.3. The summed E-state index contributed by atoms with van der Waals surface area (Å²) in [6.45, 7) is 2.50. The van der Waals surface area contributed by atoms with Crippen LogP contribution in [0.25, 0.3) is 0 Å². The fourth-order valence-corrected chi connectivity index (χ4v) is 2.14. The molecule has 4 heteroatoms. The number of benzene rings is 2. The van der Waals surface area contributed by atoms with Crippen molar-refractivity contribution in [1.82, 2.24) is 0 Å². The van der Waals surface area contributed by atoms with Crippen LogP contribution in [0.15, 0.2) is 42.5 Å². The van der Waals surface area contributed by atoms with Gasteiger partial charge in [0.05, 0.1) is 26.4 Å². The minimum absolute atomic E-state index is 0.203. The van der Waals surface area contributed by atoms with Crippen LogP contribution < -0.4 is 10.5 Å². The molecule has 112 valence electrons. The number of rotatable bonds is 6. The van der Waals surface area contributed by atoms with E-state index in [0.29, 0.717) is 12.2 Å². The number of hydrogen-bond acceptors (Lipinski definition) is 3. The van der Waals surface area contributed by atoms with Crippen molar-refractivity contribution in [2.45, 2.75) is 19.6 Å². The second-order valence-corrected chi connectivity index (χ2v) is 4.96. The zero-order chi connectivity index (χ0) is 15.2. The van der Waals surface area contributed by atoms with Gasteiger partial charge in [-0.25, -0.2) is 4.39 Å². The minimum Gasteiger partial charge on any atom is -0.496 e. The van der Waals surface area contributed by atoms with Gasteiger partial charge in [-0.05, 0) is 19.1 Å². The Kier molecular flexibility index (Phi) is 5.31. The molecule has 0 fully saturated rings. The first-order valence-corrected chi connectivity index (χ1v) is 6.83. The molecule has 21 heavy (non-hydrogen) atoms. The van der Waals surface area contributed by atoms with Gasteiger partial charge in [0.1, 0.15) is 11.6 Å². The number of methoxy groups -OCH3 is 1. The first-order valence-electron chi connectivity index (χ1n) is 6.83. The van der Waals surface area contributed by atoms with Gasteiger partial charge in [-0.3, -0.25) is 0 Å². The molecular weight excluding hydrogens is 269 g/mol. The monoisotopic (exact) mass is 289 g/mol. The van der Waals surface area contributed by atoms with Crippen molar-refractivity contribution in [2.75, 3.05) is 13.7 Å². The fourth-order valence-electron chi connectivity index (χ4n) is 2.14. The molecule has 0 heterocycles. The van der Waals surface area contributed by atoms with E-state index in [4.69, 9.17) is 15.2 Å². The third kappa shape index (κ3) is 4.03. The van der Waals surface area contributed by atoms with Gasteiger partial charge in [0, 0.05) is 11.1 Å². The van der Waals surface area contributed by atoms with E-state index in [1.54, 1.807) is 25.3 Å². The largest absolute Gasteiger partial charge is 0.496 e. The number of aryl methyl sites for hydroxylation is 1. The van der Waals surface area contributed by atoms with E-state index in [0.717, 1.165) is 16.9 Å². The maximum Gasteiger partial charge on any atom is 0.128 e. The highest BCUT2D eigenvalue weighted by Gasteiger charge is 2.13. The molecule has 2 aromatic carbocycles. The van der Waals surface area contributed by atoms with Gasteiger partial charge in [0.25, 0.3) is 0 Å². The van der Waals surface area contributed by atoms with Gasteiger partial charge >= 0.3 is 0 Å². The molecule has 0 aliphatic rings. The molecule has 3 nitrogen and oxygen atoms in total. The summed E-state index contributed by atoms with van der Waals surface area (Å²) in [6, 6.07) is 12.1. The molecule has 0 aliphatic carbocycles. The Morgan fingerprint density at radius 3 is 2.67 bits per heavy atom. The van der Waals surface area contributed by atoms with Crippen LogP contribution in [0.2, 0.25) is 0 Å². The lowest BCUT2D eigenvalue weighted by molar-refractivity contribution is 0.105. The van der Waals surface area contributed by atoms with Crippen LogP contribution in [0, 0.1) is 12.7 Å². The van der Waals surface area contributed by atoms with Gasteiger partial charge in [-0.2, -0.15) is 0 Å². The van der Waals surface area contributed by atoms with E-state index in [2.05, 4.69) is 0 Å². The van der Waals surface area contributed by atoms with E-state index in [1.807, 2.05) is 25.1 Å². The minimum atomic E-state index is -0.313. The first-order chi connectivity index (χ1) is 10.1. The number of hydrogen-bond donors (Lipinski definition) is 1. The molecule has 2 N–H and O–H groups in total. The molecule has 2 aromatic rings. The molecule has 2 rings (SSSR count). The summed E-state index contributed by atoms with van der Waals surface area (Å²) in [4.78, 5) is 0. The second kappa shape index (κ2) is 7.20. The maximum atomic E-state index is 13.5. The molecule has 0 bridgehead atoms. The van der Waals surface area contributed by atoms with Crippen LogP contribution >= 0.6 is 0 Å². The predicted molar refractivity (Wildman–Crippen MR) is 80.7 cm³/mol. The average Bonchev–Trinajstić information content (AvgIpc) is 2.49. The average molecular weight is 289 g/mol. The molecule has 0 radical (unpaired) electrons. The second-order valence-electron chi connectivity index (χ2n) is 4.96. The number of nitrogens with two attached hydrogens (primary N) is 1. The summed E-state index contributed by atoms with van der Waals surface area (Å²) in [5, 5.41) is 0. The molecule has 0 saturated heterocycles. The third-order valence-corrected chi connectivity index (χ3v) is 3.30. The lowest BCUT2D eigenvalue weighted by Gasteiger charge is -2.16. The summed E-state index contributed by atoms with van der Waals surface area (Å²) >= 11 is 0. The highest BCUT2D eigenvalue weighted by molar-refractivity contribution is 5.39. The van der Waals surface area contributed by atoms with Crippen LogP contribution in [-0.2, 0) is 11.3 Å². The van der Waals surface area contributed by atoms with E-state index >= 15 is 0 Å². The Morgan fingerprint density at radius 1 is 1.19 bits per heavy atom.